The second-order valence-corrected chi connectivity index (χ2v) is 2.91. The maximum absolute atomic E-state index is 11.6. The van der Waals surface area contributed by atoms with Gasteiger partial charge in [0.2, 0.25) is 5.91 Å². The van der Waals surface area contributed by atoms with Gasteiger partial charge in [0.25, 0.3) is 6.43 Å². The molecule has 0 atom stereocenters. The summed E-state index contributed by atoms with van der Waals surface area (Å²) in [6, 6.07) is 0. The molecule has 0 aliphatic carbocycles. The van der Waals surface area contributed by atoms with Crippen LogP contribution in [0, 0.1) is 0 Å². The van der Waals surface area contributed by atoms with Gasteiger partial charge in [-0.3, -0.25) is 4.79 Å². The van der Waals surface area contributed by atoms with Gasteiger partial charge in [0.15, 0.2) is 0 Å². The Hall–Kier alpha value is -1.44. The second kappa shape index (κ2) is 8.84. The number of nitrogens with one attached hydrogen (secondary N) is 1. The number of halogens is 2. The van der Waals surface area contributed by atoms with Crippen LogP contribution in [0.4, 0.5) is 8.78 Å². The van der Waals surface area contributed by atoms with Gasteiger partial charge in [0, 0.05) is 19.4 Å². The molecule has 8 heteroatoms. The molecule has 0 aliphatic rings. The number of hydrogen-bond donors (Lipinski definition) is 3. The van der Waals surface area contributed by atoms with E-state index in [0.29, 0.717) is 0 Å². The summed E-state index contributed by atoms with van der Waals surface area (Å²) >= 11 is 0. The van der Waals surface area contributed by atoms with E-state index in [-0.39, 0.29) is 37.7 Å². The molecule has 0 bridgehead atoms. The molecule has 0 aliphatic heterocycles. The molecule has 0 saturated heterocycles. The molecule has 0 aromatic carbocycles. The number of nitrogens with two attached hydrogens (primary N) is 1. The van der Waals surface area contributed by atoms with Crippen LogP contribution in [0.5, 0.6) is 0 Å². The van der Waals surface area contributed by atoms with Crippen LogP contribution >= 0.6 is 0 Å². The molecule has 0 spiro atoms. The molecule has 0 saturated carbocycles. The van der Waals surface area contributed by atoms with Crippen LogP contribution in [0.15, 0.2) is 5.16 Å². The highest BCUT2D eigenvalue weighted by Crippen LogP contribution is 1.93. The first-order valence-corrected chi connectivity index (χ1v) is 4.65. The maximum atomic E-state index is 11.6. The molecule has 1 amide bonds. The third kappa shape index (κ3) is 9.13. The summed E-state index contributed by atoms with van der Waals surface area (Å²) in [5, 5.41) is 13.4. The van der Waals surface area contributed by atoms with Crippen LogP contribution in [0.25, 0.3) is 0 Å². The Labute approximate surface area is 91.4 Å². The summed E-state index contributed by atoms with van der Waals surface area (Å²) in [7, 11) is 0. The van der Waals surface area contributed by atoms with Gasteiger partial charge in [-0.15, -0.1) is 0 Å². The molecule has 4 N–H and O–H groups in total. The average Bonchev–Trinajstić information content (AvgIpc) is 2.24. The van der Waals surface area contributed by atoms with Crippen LogP contribution in [-0.4, -0.2) is 43.1 Å². The van der Waals surface area contributed by atoms with Gasteiger partial charge in [-0.05, 0) is 0 Å². The summed E-state index contributed by atoms with van der Waals surface area (Å²) in [6.45, 7) is -0.499. The van der Waals surface area contributed by atoms with E-state index in [1.165, 1.54) is 0 Å². The van der Waals surface area contributed by atoms with Crippen LogP contribution in [0.1, 0.15) is 12.8 Å². The Bertz CT molecular complexity index is 237. The van der Waals surface area contributed by atoms with Crippen LogP contribution < -0.4 is 11.1 Å². The number of hydrogen-bond acceptors (Lipinski definition) is 4. The fourth-order valence-corrected chi connectivity index (χ4v) is 0.806. The predicted octanol–water partition coefficient (Wildman–Crippen LogP) is -0.0891. The van der Waals surface area contributed by atoms with Gasteiger partial charge in [-0.1, -0.05) is 5.16 Å². The molecule has 0 aromatic heterocycles. The first-order valence-electron chi connectivity index (χ1n) is 4.65. The molecule has 0 radical (unpaired) electrons. The summed E-state index contributed by atoms with van der Waals surface area (Å²) in [5.74, 6) is -0.325. The minimum atomic E-state index is -2.52. The number of oxime groups is 1. The lowest BCUT2D eigenvalue weighted by Crippen LogP contribution is -2.28. The molecule has 0 aromatic rings. The zero-order valence-corrected chi connectivity index (χ0v) is 8.66. The van der Waals surface area contributed by atoms with Gasteiger partial charge in [0.05, 0.1) is 6.61 Å². The van der Waals surface area contributed by atoms with Crippen molar-refractivity contribution in [1.82, 2.24) is 5.32 Å². The van der Waals surface area contributed by atoms with Crippen LogP contribution in [-0.2, 0) is 9.53 Å². The van der Waals surface area contributed by atoms with Crippen molar-refractivity contribution in [3.8, 4) is 0 Å². The standard InChI is InChI=1S/C8H15F2N3O3/c9-6(10)5-16-4-2-8(14)12-3-1-7(11)13-15/h6,15H,1-5H2,(H2,11,13)(H,12,14). The predicted molar refractivity (Wildman–Crippen MR) is 52.5 cm³/mol. The first-order chi connectivity index (χ1) is 7.56. The Balaban J connectivity index is 3.38. The van der Waals surface area contributed by atoms with Gasteiger partial charge in [-0.25, -0.2) is 8.78 Å². The van der Waals surface area contributed by atoms with E-state index in [0.717, 1.165) is 0 Å². The molecule has 94 valence electrons. The largest absolute Gasteiger partial charge is 0.409 e. The summed E-state index contributed by atoms with van der Waals surface area (Å²) in [4.78, 5) is 11.0. The van der Waals surface area contributed by atoms with Crippen molar-refractivity contribution in [2.45, 2.75) is 19.3 Å². The summed E-state index contributed by atoms with van der Waals surface area (Å²) < 4.78 is 27.7. The Morgan fingerprint density at radius 2 is 2.19 bits per heavy atom. The number of nitrogens with zero attached hydrogens (tertiary/aromatic N) is 1. The topological polar surface area (TPSA) is 96.9 Å². The molecule has 0 unspecified atom stereocenters. The smallest absolute Gasteiger partial charge is 0.261 e. The zero-order valence-electron chi connectivity index (χ0n) is 8.66. The normalized spacial score (nSPS) is 11.8. The number of amides is 1. The third-order valence-electron chi connectivity index (χ3n) is 1.55. The Morgan fingerprint density at radius 1 is 1.50 bits per heavy atom. The lowest BCUT2D eigenvalue weighted by atomic mass is 10.3. The third-order valence-corrected chi connectivity index (χ3v) is 1.55. The lowest BCUT2D eigenvalue weighted by molar-refractivity contribution is -0.122. The monoisotopic (exact) mass is 239 g/mol. The van der Waals surface area contributed by atoms with E-state index in [9.17, 15) is 13.6 Å². The number of carbonyl (C=O) groups is 1. The fourth-order valence-electron chi connectivity index (χ4n) is 0.806. The molecule has 6 nitrogen and oxygen atoms in total. The summed E-state index contributed by atoms with van der Waals surface area (Å²) in [5.41, 5.74) is 5.15. The molecule has 0 rings (SSSR count). The van der Waals surface area contributed by atoms with Crippen molar-refractivity contribution in [1.29, 1.82) is 0 Å². The minimum absolute atomic E-state index is 0.00287. The quantitative estimate of drug-likeness (QED) is 0.181. The molecule has 0 fully saturated rings. The molecular formula is C8H15F2N3O3. The van der Waals surface area contributed by atoms with Crippen molar-refractivity contribution in [3.05, 3.63) is 0 Å². The second-order valence-electron chi connectivity index (χ2n) is 2.91. The van der Waals surface area contributed by atoms with E-state index in [2.05, 4.69) is 15.2 Å². The van der Waals surface area contributed by atoms with Crippen molar-refractivity contribution < 1.29 is 23.5 Å². The van der Waals surface area contributed by atoms with E-state index in [1.807, 2.05) is 0 Å². The van der Waals surface area contributed by atoms with E-state index < -0.39 is 13.0 Å². The van der Waals surface area contributed by atoms with E-state index in [1.54, 1.807) is 0 Å². The van der Waals surface area contributed by atoms with Gasteiger partial charge in [0.1, 0.15) is 12.4 Å². The van der Waals surface area contributed by atoms with Gasteiger partial charge < -0.3 is 21.0 Å². The number of carbonyl (C=O) groups excluding carboxylic acids is 1. The lowest BCUT2D eigenvalue weighted by Gasteiger charge is -2.05. The highest BCUT2D eigenvalue weighted by atomic mass is 19.3. The van der Waals surface area contributed by atoms with Gasteiger partial charge >= 0.3 is 0 Å². The first kappa shape index (κ1) is 14.6. The fraction of sp³-hybridized carbons (Fsp3) is 0.750. The Kier molecular flexibility index (Phi) is 8.04. The van der Waals surface area contributed by atoms with Crippen molar-refractivity contribution in [3.63, 3.8) is 0 Å². The number of ether oxygens (including phenoxy) is 1. The van der Waals surface area contributed by atoms with Crippen LogP contribution in [0.3, 0.4) is 0 Å². The summed E-state index contributed by atoms with van der Waals surface area (Å²) in [6.07, 6.45) is -2.30. The van der Waals surface area contributed by atoms with E-state index in [4.69, 9.17) is 10.9 Å². The van der Waals surface area contributed by atoms with Gasteiger partial charge in [-0.2, -0.15) is 0 Å². The SMILES string of the molecule is NC(CCNC(=O)CCOCC(F)F)=NO. The Morgan fingerprint density at radius 3 is 2.75 bits per heavy atom. The number of amidine groups is 1. The number of rotatable bonds is 8. The minimum Gasteiger partial charge on any atom is -0.409 e. The maximum Gasteiger partial charge on any atom is 0.261 e. The molecular weight excluding hydrogens is 224 g/mol. The zero-order chi connectivity index (χ0) is 12.4. The molecule has 0 heterocycles. The van der Waals surface area contributed by atoms with E-state index >= 15 is 0 Å². The van der Waals surface area contributed by atoms with Crippen molar-refractivity contribution in [2.75, 3.05) is 19.8 Å². The molecule has 16 heavy (non-hydrogen) atoms. The van der Waals surface area contributed by atoms with Crippen molar-refractivity contribution >= 4 is 11.7 Å². The highest BCUT2D eigenvalue weighted by molar-refractivity contribution is 5.81. The van der Waals surface area contributed by atoms with Crippen LogP contribution in [0.2, 0.25) is 0 Å². The average molecular weight is 239 g/mol. The highest BCUT2D eigenvalue weighted by Gasteiger charge is 2.04. The van der Waals surface area contributed by atoms with Crippen molar-refractivity contribution in [2.24, 2.45) is 10.9 Å². The number of alkyl halides is 2.